The molecule has 0 bridgehead atoms. The second-order valence-electron chi connectivity index (χ2n) is 5.00. The second kappa shape index (κ2) is 5.40. The van der Waals surface area contributed by atoms with Gasteiger partial charge in [0.1, 0.15) is 5.82 Å². The van der Waals surface area contributed by atoms with Crippen LogP contribution in [0.4, 0.5) is 16.0 Å². The van der Waals surface area contributed by atoms with Gasteiger partial charge in [0.05, 0.1) is 5.69 Å². The van der Waals surface area contributed by atoms with Gasteiger partial charge < -0.3 is 5.32 Å². The highest BCUT2D eigenvalue weighted by Crippen LogP contribution is 2.23. The van der Waals surface area contributed by atoms with E-state index in [1.807, 2.05) is 54.9 Å². The molecular weight excluding hydrogens is 265 g/mol. The molecule has 0 saturated carbocycles. The Kier molecular flexibility index (Phi) is 3.44. The Morgan fingerprint density at radius 3 is 2.57 bits per heavy atom. The Morgan fingerprint density at radius 1 is 1.05 bits per heavy atom. The number of aryl methyl sites for hydroxylation is 2. The van der Waals surface area contributed by atoms with Crippen molar-refractivity contribution in [1.29, 1.82) is 0 Å². The zero-order valence-corrected chi connectivity index (χ0v) is 12.0. The molecule has 1 aromatic heterocycles. The SMILES string of the molecule is Cc1cn(-c2ccccc2)c(Nc2cc(F)ccc2C)n1. The van der Waals surface area contributed by atoms with Crippen LogP contribution in [0.5, 0.6) is 0 Å². The summed E-state index contributed by atoms with van der Waals surface area (Å²) in [7, 11) is 0. The maximum absolute atomic E-state index is 13.4. The fourth-order valence-corrected chi connectivity index (χ4v) is 2.22. The van der Waals surface area contributed by atoms with Gasteiger partial charge in [-0.25, -0.2) is 9.37 Å². The lowest BCUT2D eigenvalue weighted by molar-refractivity contribution is 0.628. The third-order valence-corrected chi connectivity index (χ3v) is 3.31. The average molecular weight is 281 g/mol. The number of hydrogen-bond donors (Lipinski definition) is 1. The van der Waals surface area contributed by atoms with Gasteiger partial charge in [0.25, 0.3) is 0 Å². The Labute approximate surface area is 123 Å². The van der Waals surface area contributed by atoms with Crippen molar-refractivity contribution in [2.75, 3.05) is 5.32 Å². The number of hydrogen-bond acceptors (Lipinski definition) is 2. The molecule has 0 aliphatic heterocycles. The lowest BCUT2D eigenvalue weighted by Crippen LogP contribution is -2.02. The van der Waals surface area contributed by atoms with Crippen LogP contribution in [-0.4, -0.2) is 9.55 Å². The molecule has 4 heteroatoms. The molecule has 0 unspecified atom stereocenters. The van der Waals surface area contributed by atoms with E-state index in [4.69, 9.17) is 0 Å². The first-order chi connectivity index (χ1) is 10.1. The van der Waals surface area contributed by atoms with Gasteiger partial charge >= 0.3 is 0 Å². The zero-order valence-electron chi connectivity index (χ0n) is 12.0. The minimum Gasteiger partial charge on any atom is -0.325 e. The van der Waals surface area contributed by atoms with E-state index >= 15 is 0 Å². The Hall–Kier alpha value is -2.62. The zero-order chi connectivity index (χ0) is 14.8. The molecule has 21 heavy (non-hydrogen) atoms. The number of halogens is 1. The average Bonchev–Trinajstić information content (AvgIpc) is 2.85. The number of rotatable bonds is 3. The highest BCUT2D eigenvalue weighted by Gasteiger charge is 2.09. The largest absolute Gasteiger partial charge is 0.325 e. The predicted molar refractivity (Wildman–Crippen MR) is 82.7 cm³/mol. The van der Waals surface area contributed by atoms with Crippen molar-refractivity contribution in [2.45, 2.75) is 13.8 Å². The van der Waals surface area contributed by atoms with E-state index in [-0.39, 0.29) is 5.82 Å². The van der Waals surface area contributed by atoms with Crippen LogP contribution in [0.3, 0.4) is 0 Å². The highest BCUT2D eigenvalue weighted by atomic mass is 19.1. The Morgan fingerprint density at radius 2 is 1.81 bits per heavy atom. The smallest absolute Gasteiger partial charge is 0.212 e. The normalized spacial score (nSPS) is 10.6. The first-order valence-corrected chi connectivity index (χ1v) is 6.78. The van der Waals surface area contributed by atoms with Crippen molar-refractivity contribution in [3.8, 4) is 5.69 Å². The summed E-state index contributed by atoms with van der Waals surface area (Å²) in [5, 5.41) is 3.21. The molecule has 3 rings (SSSR count). The third-order valence-electron chi connectivity index (χ3n) is 3.31. The van der Waals surface area contributed by atoms with Gasteiger partial charge in [0.2, 0.25) is 5.95 Å². The number of imidazole rings is 1. The Bertz CT molecular complexity index is 763. The van der Waals surface area contributed by atoms with Gasteiger partial charge in [0, 0.05) is 17.6 Å². The van der Waals surface area contributed by atoms with Crippen LogP contribution >= 0.6 is 0 Å². The number of aromatic nitrogens is 2. The summed E-state index contributed by atoms with van der Waals surface area (Å²) in [5.74, 6) is 0.407. The third kappa shape index (κ3) is 2.79. The van der Waals surface area contributed by atoms with Crippen molar-refractivity contribution in [3.63, 3.8) is 0 Å². The quantitative estimate of drug-likeness (QED) is 0.772. The van der Waals surface area contributed by atoms with E-state index in [1.54, 1.807) is 6.07 Å². The number of nitrogens with zero attached hydrogens (tertiary/aromatic N) is 2. The lowest BCUT2D eigenvalue weighted by atomic mass is 10.2. The monoisotopic (exact) mass is 281 g/mol. The summed E-state index contributed by atoms with van der Waals surface area (Å²) in [6.45, 7) is 3.87. The molecule has 0 atom stereocenters. The summed E-state index contributed by atoms with van der Waals surface area (Å²) in [6, 6.07) is 14.6. The van der Waals surface area contributed by atoms with Gasteiger partial charge in [0.15, 0.2) is 0 Å². The van der Waals surface area contributed by atoms with Crippen molar-refractivity contribution < 1.29 is 4.39 Å². The number of nitrogens with one attached hydrogen (secondary N) is 1. The highest BCUT2D eigenvalue weighted by molar-refractivity contribution is 5.60. The maximum atomic E-state index is 13.4. The van der Waals surface area contributed by atoms with E-state index in [9.17, 15) is 4.39 Å². The molecule has 106 valence electrons. The summed E-state index contributed by atoms with van der Waals surface area (Å²) in [6.07, 6.45) is 1.95. The maximum Gasteiger partial charge on any atom is 0.212 e. The van der Waals surface area contributed by atoms with E-state index < -0.39 is 0 Å². The van der Waals surface area contributed by atoms with E-state index in [0.717, 1.165) is 22.6 Å². The topological polar surface area (TPSA) is 29.9 Å². The van der Waals surface area contributed by atoms with E-state index in [2.05, 4.69) is 10.3 Å². The van der Waals surface area contributed by atoms with Crippen LogP contribution in [-0.2, 0) is 0 Å². The van der Waals surface area contributed by atoms with Crippen LogP contribution < -0.4 is 5.32 Å². The molecule has 0 spiro atoms. The van der Waals surface area contributed by atoms with Gasteiger partial charge in [-0.3, -0.25) is 4.57 Å². The number of para-hydroxylation sites is 1. The molecule has 3 aromatic rings. The van der Waals surface area contributed by atoms with Crippen LogP contribution in [0, 0.1) is 19.7 Å². The van der Waals surface area contributed by atoms with Gasteiger partial charge in [-0.1, -0.05) is 24.3 Å². The molecule has 0 aliphatic carbocycles. The van der Waals surface area contributed by atoms with Crippen molar-refractivity contribution >= 4 is 11.6 Å². The first-order valence-electron chi connectivity index (χ1n) is 6.78. The van der Waals surface area contributed by atoms with Crippen LogP contribution in [0.25, 0.3) is 5.69 Å². The molecule has 0 amide bonds. The lowest BCUT2D eigenvalue weighted by Gasteiger charge is -2.11. The van der Waals surface area contributed by atoms with Gasteiger partial charge in [-0.05, 0) is 43.7 Å². The molecule has 1 heterocycles. The van der Waals surface area contributed by atoms with Crippen molar-refractivity contribution in [2.24, 2.45) is 0 Å². The fourth-order valence-electron chi connectivity index (χ4n) is 2.22. The van der Waals surface area contributed by atoms with Crippen LogP contribution in [0.15, 0.2) is 54.7 Å². The number of anilines is 2. The Balaban J connectivity index is 2.02. The molecular formula is C17H16FN3. The van der Waals surface area contributed by atoms with Gasteiger partial charge in [-0.2, -0.15) is 0 Å². The standard InChI is InChI=1S/C17H16FN3/c1-12-8-9-14(18)10-16(12)20-17-19-13(2)11-21(17)15-6-4-3-5-7-15/h3-11H,1-2H3,(H,19,20). The molecule has 3 nitrogen and oxygen atoms in total. The molecule has 2 aromatic carbocycles. The molecule has 0 saturated heterocycles. The van der Waals surface area contributed by atoms with Gasteiger partial charge in [-0.15, -0.1) is 0 Å². The summed E-state index contributed by atoms with van der Waals surface area (Å²) in [4.78, 5) is 4.48. The first kappa shape index (κ1) is 13.4. The summed E-state index contributed by atoms with van der Waals surface area (Å²) >= 11 is 0. The molecule has 1 N–H and O–H groups in total. The number of benzene rings is 2. The van der Waals surface area contributed by atoms with Crippen LogP contribution in [0.2, 0.25) is 0 Å². The minimum atomic E-state index is -0.266. The van der Waals surface area contributed by atoms with Crippen molar-refractivity contribution in [3.05, 3.63) is 71.8 Å². The van der Waals surface area contributed by atoms with Crippen LogP contribution in [0.1, 0.15) is 11.3 Å². The fraction of sp³-hybridized carbons (Fsp3) is 0.118. The van der Waals surface area contributed by atoms with E-state index in [0.29, 0.717) is 5.95 Å². The summed E-state index contributed by atoms with van der Waals surface area (Å²) in [5.41, 5.74) is 3.60. The molecule has 0 radical (unpaired) electrons. The molecule has 0 fully saturated rings. The van der Waals surface area contributed by atoms with E-state index in [1.165, 1.54) is 12.1 Å². The second-order valence-corrected chi connectivity index (χ2v) is 5.00. The summed E-state index contributed by atoms with van der Waals surface area (Å²) < 4.78 is 15.4. The minimum absolute atomic E-state index is 0.266. The van der Waals surface area contributed by atoms with Crippen molar-refractivity contribution in [1.82, 2.24) is 9.55 Å². The molecule has 0 aliphatic rings. The predicted octanol–water partition coefficient (Wildman–Crippen LogP) is 4.37.